The van der Waals surface area contributed by atoms with Crippen molar-refractivity contribution in [1.82, 2.24) is 5.32 Å². The zero-order valence-electron chi connectivity index (χ0n) is 12.2. The zero-order valence-corrected chi connectivity index (χ0v) is 13.0. The summed E-state index contributed by atoms with van der Waals surface area (Å²) in [6.45, 7) is 2.58. The van der Waals surface area contributed by atoms with E-state index in [0.29, 0.717) is 12.1 Å². The fourth-order valence-corrected chi connectivity index (χ4v) is 2.62. The minimum atomic E-state index is -0.0769. The number of hydrogen-bond acceptors (Lipinski definition) is 4. The van der Waals surface area contributed by atoms with Crippen molar-refractivity contribution in [2.45, 2.75) is 12.7 Å². The van der Waals surface area contributed by atoms with E-state index < -0.39 is 0 Å². The zero-order chi connectivity index (χ0) is 15.1. The highest BCUT2D eigenvalue weighted by Gasteiger charge is 2.07. The topological polar surface area (TPSA) is 51.5 Å². The number of rotatable bonds is 7. The van der Waals surface area contributed by atoms with Crippen molar-refractivity contribution in [3.05, 3.63) is 53.5 Å². The minimum absolute atomic E-state index is 0.0769. The van der Waals surface area contributed by atoms with Gasteiger partial charge in [0, 0.05) is 17.9 Å². The van der Waals surface area contributed by atoms with Crippen LogP contribution in [-0.4, -0.2) is 25.3 Å². The number of hydrogen-bond donors (Lipinski definition) is 1. The molecule has 1 amide bonds. The van der Waals surface area contributed by atoms with Crippen molar-refractivity contribution in [2.75, 3.05) is 19.4 Å². The molecule has 2 aromatic rings. The summed E-state index contributed by atoms with van der Waals surface area (Å²) in [5.41, 5.74) is 1.64. The van der Waals surface area contributed by atoms with Crippen molar-refractivity contribution < 1.29 is 13.9 Å². The Hall–Kier alpha value is -1.88. The molecular formula is C16H19NO3S. The molecule has 1 heterocycles. The van der Waals surface area contributed by atoms with Gasteiger partial charge in [-0.2, -0.15) is 11.8 Å². The summed E-state index contributed by atoms with van der Waals surface area (Å²) < 4.78 is 10.5. The third kappa shape index (κ3) is 4.56. The van der Waals surface area contributed by atoms with Crippen LogP contribution in [0.2, 0.25) is 0 Å². The number of benzene rings is 1. The maximum Gasteiger partial charge on any atom is 0.251 e. The number of nitrogens with one attached hydrogen (secondary N) is 1. The monoisotopic (exact) mass is 305 g/mol. The van der Waals surface area contributed by atoms with E-state index >= 15 is 0 Å². The van der Waals surface area contributed by atoms with Gasteiger partial charge in [-0.05, 0) is 36.8 Å². The summed E-state index contributed by atoms with van der Waals surface area (Å²) >= 11 is 1.73. The summed E-state index contributed by atoms with van der Waals surface area (Å²) in [4.78, 5) is 12.0. The molecular weight excluding hydrogens is 286 g/mol. The first-order valence-corrected chi connectivity index (χ1v) is 7.89. The Balaban J connectivity index is 1.74. The number of amides is 1. The number of methoxy groups -OCH3 is 1. The largest absolute Gasteiger partial charge is 0.496 e. The lowest BCUT2D eigenvalue weighted by atomic mass is 10.1. The molecule has 0 aliphatic rings. The molecule has 5 heteroatoms. The summed E-state index contributed by atoms with van der Waals surface area (Å²) in [5.74, 6) is 3.27. The van der Waals surface area contributed by atoms with E-state index in [1.165, 1.54) is 0 Å². The summed E-state index contributed by atoms with van der Waals surface area (Å²) in [7, 11) is 1.61. The predicted octanol–water partition coefficient (Wildman–Crippen LogP) is 3.26. The van der Waals surface area contributed by atoms with Crippen LogP contribution in [0.5, 0.6) is 5.75 Å². The number of thioether (sulfide) groups is 1. The van der Waals surface area contributed by atoms with Crippen LogP contribution >= 0.6 is 11.8 Å². The molecule has 0 radical (unpaired) electrons. The summed E-state index contributed by atoms with van der Waals surface area (Å²) in [5, 5.41) is 2.90. The Bertz CT molecular complexity index is 581. The van der Waals surface area contributed by atoms with Crippen LogP contribution in [0.3, 0.4) is 0 Å². The van der Waals surface area contributed by atoms with E-state index in [1.807, 2.05) is 31.2 Å². The lowest BCUT2D eigenvalue weighted by Crippen LogP contribution is -2.25. The first kappa shape index (κ1) is 15.5. The third-order valence-corrected chi connectivity index (χ3v) is 4.01. The smallest absolute Gasteiger partial charge is 0.251 e. The van der Waals surface area contributed by atoms with Gasteiger partial charge in [0.2, 0.25) is 0 Å². The Morgan fingerprint density at radius 1 is 1.38 bits per heavy atom. The van der Waals surface area contributed by atoms with E-state index in [9.17, 15) is 4.79 Å². The molecule has 0 aliphatic heterocycles. The quantitative estimate of drug-likeness (QED) is 0.798. The number of carbonyl (C=O) groups is 1. The van der Waals surface area contributed by atoms with Crippen molar-refractivity contribution in [3.8, 4) is 5.75 Å². The molecule has 0 aliphatic carbocycles. The van der Waals surface area contributed by atoms with Crippen molar-refractivity contribution >= 4 is 17.7 Å². The highest BCUT2D eigenvalue weighted by molar-refractivity contribution is 7.98. The van der Waals surface area contributed by atoms with Gasteiger partial charge in [0.1, 0.15) is 11.5 Å². The Labute approximate surface area is 128 Å². The van der Waals surface area contributed by atoms with Gasteiger partial charge in [-0.15, -0.1) is 0 Å². The molecule has 0 spiro atoms. The third-order valence-electron chi connectivity index (χ3n) is 3.03. The minimum Gasteiger partial charge on any atom is -0.496 e. The standard InChI is InChI=1S/C16H19NO3S/c1-12-5-6-13(10-15(12)19-2)16(18)17-7-9-21-11-14-4-3-8-20-14/h3-6,8,10H,7,9,11H2,1-2H3,(H,17,18). The van der Waals surface area contributed by atoms with E-state index in [4.69, 9.17) is 9.15 Å². The average Bonchev–Trinajstić information content (AvgIpc) is 3.00. The normalized spacial score (nSPS) is 10.4. The van der Waals surface area contributed by atoms with E-state index in [2.05, 4.69) is 5.32 Å². The molecule has 1 N–H and O–H groups in total. The first-order chi connectivity index (χ1) is 10.2. The average molecular weight is 305 g/mol. The molecule has 0 fully saturated rings. The summed E-state index contributed by atoms with van der Waals surface area (Å²) in [6, 6.07) is 9.29. The fraction of sp³-hybridized carbons (Fsp3) is 0.312. The first-order valence-electron chi connectivity index (χ1n) is 6.73. The molecule has 21 heavy (non-hydrogen) atoms. The van der Waals surface area contributed by atoms with Gasteiger partial charge in [-0.1, -0.05) is 6.07 Å². The number of carbonyl (C=O) groups excluding carboxylic acids is 1. The second-order valence-electron chi connectivity index (χ2n) is 4.57. The SMILES string of the molecule is COc1cc(C(=O)NCCSCc2ccco2)ccc1C. The second-order valence-corrected chi connectivity index (χ2v) is 5.68. The number of aryl methyl sites for hydroxylation is 1. The van der Waals surface area contributed by atoms with Crippen LogP contribution in [0.25, 0.3) is 0 Å². The van der Waals surface area contributed by atoms with Crippen molar-refractivity contribution in [2.24, 2.45) is 0 Å². The van der Waals surface area contributed by atoms with Crippen LogP contribution in [0.1, 0.15) is 21.7 Å². The van der Waals surface area contributed by atoms with Crippen molar-refractivity contribution in [3.63, 3.8) is 0 Å². The van der Waals surface area contributed by atoms with E-state index in [0.717, 1.165) is 28.6 Å². The fourth-order valence-electron chi connectivity index (χ4n) is 1.87. The molecule has 0 saturated heterocycles. The number of ether oxygens (including phenoxy) is 1. The molecule has 2 rings (SSSR count). The second kappa shape index (κ2) is 7.78. The summed E-state index contributed by atoms with van der Waals surface area (Å²) in [6.07, 6.45) is 1.67. The van der Waals surface area contributed by atoms with E-state index in [1.54, 1.807) is 31.2 Å². The van der Waals surface area contributed by atoms with Gasteiger partial charge in [0.15, 0.2) is 0 Å². The maximum absolute atomic E-state index is 12.0. The number of furan rings is 1. The van der Waals surface area contributed by atoms with Gasteiger partial charge >= 0.3 is 0 Å². The lowest BCUT2D eigenvalue weighted by molar-refractivity contribution is 0.0956. The highest BCUT2D eigenvalue weighted by atomic mass is 32.2. The molecule has 0 unspecified atom stereocenters. The molecule has 1 aromatic carbocycles. The molecule has 4 nitrogen and oxygen atoms in total. The van der Waals surface area contributed by atoms with Gasteiger partial charge < -0.3 is 14.5 Å². The van der Waals surface area contributed by atoms with Gasteiger partial charge in [-0.3, -0.25) is 4.79 Å². The van der Waals surface area contributed by atoms with Crippen LogP contribution in [0.15, 0.2) is 41.0 Å². The van der Waals surface area contributed by atoms with Crippen LogP contribution in [0.4, 0.5) is 0 Å². The predicted molar refractivity (Wildman–Crippen MR) is 84.9 cm³/mol. The molecule has 1 aromatic heterocycles. The Morgan fingerprint density at radius 2 is 2.24 bits per heavy atom. The van der Waals surface area contributed by atoms with E-state index in [-0.39, 0.29) is 5.91 Å². The van der Waals surface area contributed by atoms with Gasteiger partial charge in [-0.25, -0.2) is 0 Å². The Kier molecular flexibility index (Phi) is 5.75. The molecule has 112 valence electrons. The van der Waals surface area contributed by atoms with Gasteiger partial charge in [0.05, 0.1) is 19.1 Å². The van der Waals surface area contributed by atoms with Crippen LogP contribution < -0.4 is 10.1 Å². The lowest BCUT2D eigenvalue weighted by Gasteiger charge is -2.08. The molecule has 0 atom stereocenters. The highest BCUT2D eigenvalue weighted by Crippen LogP contribution is 2.18. The maximum atomic E-state index is 12.0. The molecule has 0 bridgehead atoms. The molecule has 0 saturated carbocycles. The van der Waals surface area contributed by atoms with Crippen LogP contribution in [0, 0.1) is 6.92 Å². The van der Waals surface area contributed by atoms with Crippen LogP contribution in [-0.2, 0) is 5.75 Å². The van der Waals surface area contributed by atoms with Crippen molar-refractivity contribution in [1.29, 1.82) is 0 Å². The Morgan fingerprint density at radius 3 is 2.95 bits per heavy atom. The van der Waals surface area contributed by atoms with Gasteiger partial charge in [0.25, 0.3) is 5.91 Å².